The van der Waals surface area contributed by atoms with Crippen LogP contribution in [0.15, 0.2) is 18.2 Å². The minimum Gasteiger partial charge on any atom is -0.390 e. The second-order valence-electron chi connectivity index (χ2n) is 4.03. The van der Waals surface area contributed by atoms with Crippen molar-refractivity contribution in [2.75, 3.05) is 44.4 Å². The first-order valence-corrected chi connectivity index (χ1v) is 6.79. The number of pyridine rings is 1. The maximum absolute atomic E-state index is 9.14. The van der Waals surface area contributed by atoms with Crippen LogP contribution in [0.4, 0.5) is 5.82 Å². The minimum absolute atomic E-state index is 0.0431. The predicted molar refractivity (Wildman–Crippen MR) is 75.4 cm³/mol. The van der Waals surface area contributed by atoms with E-state index >= 15 is 0 Å². The van der Waals surface area contributed by atoms with Crippen LogP contribution in [0.25, 0.3) is 0 Å². The molecule has 0 amide bonds. The highest BCUT2D eigenvalue weighted by Gasteiger charge is 2.08. The summed E-state index contributed by atoms with van der Waals surface area (Å²) in [6.45, 7) is 8.20. The summed E-state index contributed by atoms with van der Waals surface area (Å²) in [6, 6.07) is 5.66. The molecule has 0 aliphatic carbocycles. The van der Waals surface area contributed by atoms with Crippen LogP contribution in [0, 0.1) is 0 Å². The number of aliphatic hydroxyl groups excluding tert-OH is 1. The van der Waals surface area contributed by atoms with Gasteiger partial charge in [-0.05, 0) is 26.0 Å². The molecular formula is C14H24N2O3. The molecule has 0 aliphatic rings. The van der Waals surface area contributed by atoms with Crippen molar-refractivity contribution in [2.45, 2.75) is 20.5 Å². The molecule has 1 rings (SSSR count). The van der Waals surface area contributed by atoms with Gasteiger partial charge in [-0.2, -0.15) is 0 Å². The summed E-state index contributed by atoms with van der Waals surface area (Å²) >= 11 is 0. The van der Waals surface area contributed by atoms with Crippen LogP contribution in [0.1, 0.15) is 19.5 Å². The molecule has 5 nitrogen and oxygen atoms in total. The number of anilines is 1. The fraction of sp³-hybridized carbons (Fsp3) is 0.643. The molecule has 0 aliphatic heterocycles. The Hall–Kier alpha value is -1.17. The molecule has 0 unspecified atom stereocenters. The third kappa shape index (κ3) is 6.00. The van der Waals surface area contributed by atoms with Gasteiger partial charge in [0.25, 0.3) is 0 Å². The summed E-state index contributed by atoms with van der Waals surface area (Å²) in [5, 5.41) is 9.14. The third-order valence-electron chi connectivity index (χ3n) is 2.70. The number of hydrogen-bond donors (Lipinski definition) is 1. The maximum atomic E-state index is 9.14. The van der Waals surface area contributed by atoms with Gasteiger partial charge in [0.2, 0.25) is 0 Å². The molecular weight excluding hydrogens is 244 g/mol. The van der Waals surface area contributed by atoms with Gasteiger partial charge >= 0.3 is 0 Å². The molecule has 0 saturated carbocycles. The van der Waals surface area contributed by atoms with Crippen LogP contribution >= 0.6 is 0 Å². The van der Waals surface area contributed by atoms with E-state index in [1.165, 1.54) is 0 Å². The highest BCUT2D eigenvalue weighted by Crippen LogP contribution is 2.11. The molecule has 1 heterocycles. The zero-order valence-electron chi connectivity index (χ0n) is 11.8. The average Bonchev–Trinajstić information content (AvgIpc) is 2.46. The largest absolute Gasteiger partial charge is 0.390 e. The first kappa shape index (κ1) is 15.9. The molecule has 0 aromatic carbocycles. The predicted octanol–water partition coefficient (Wildman–Crippen LogP) is 1.45. The third-order valence-corrected chi connectivity index (χ3v) is 2.70. The number of aromatic nitrogens is 1. The molecule has 0 spiro atoms. The van der Waals surface area contributed by atoms with Gasteiger partial charge in [0.15, 0.2) is 0 Å². The molecule has 0 bridgehead atoms. The second kappa shape index (κ2) is 9.72. The SMILES string of the molecule is CCOCCN(CCOCC)c1cccc(CO)n1. The van der Waals surface area contributed by atoms with Gasteiger partial charge in [0.05, 0.1) is 25.5 Å². The minimum atomic E-state index is -0.0431. The van der Waals surface area contributed by atoms with Crippen LogP contribution < -0.4 is 4.90 Å². The summed E-state index contributed by atoms with van der Waals surface area (Å²) in [7, 11) is 0. The van der Waals surface area contributed by atoms with Crippen molar-refractivity contribution < 1.29 is 14.6 Å². The molecule has 108 valence electrons. The Balaban J connectivity index is 2.63. The topological polar surface area (TPSA) is 54.8 Å². The van der Waals surface area contributed by atoms with Gasteiger partial charge in [-0.25, -0.2) is 4.98 Å². The van der Waals surface area contributed by atoms with E-state index in [2.05, 4.69) is 9.88 Å². The summed E-state index contributed by atoms with van der Waals surface area (Å²) in [5.74, 6) is 0.853. The lowest BCUT2D eigenvalue weighted by atomic mass is 10.3. The van der Waals surface area contributed by atoms with Crippen molar-refractivity contribution >= 4 is 5.82 Å². The molecule has 0 atom stereocenters. The lowest BCUT2D eigenvalue weighted by Gasteiger charge is -2.23. The van der Waals surface area contributed by atoms with Gasteiger partial charge in [-0.15, -0.1) is 0 Å². The number of rotatable bonds is 10. The Morgan fingerprint density at radius 2 is 1.74 bits per heavy atom. The van der Waals surface area contributed by atoms with Crippen LogP contribution in [0.2, 0.25) is 0 Å². The van der Waals surface area contributed by atoms with Crippen molar-refractivity contribution in [3.63, 3.8) is 0 Å². The van der Waals surface area contributed by atoms with E-state index in [1.807, 2.05) is 32.0 Å². The van der Waals surface area contributed by atoms with E-state index in [4.69, 9.17) is 14.6 Å². The molecule has 0 radical (unpaired) electrons. The van der Waals surface area contributed by atoms with Gasteiger partial charge in [0.1, 0.15) is 5.82 Å². The smallest absolute Gasteiger partial charge is 0.129 e. The molecule has 1 aromatic rings. The van der Waals surface area contributed by atoms with Crippen molar-refractivity contribution in [3.8, 4) is 0 Å². The van der Waals surface area contributed by atoms with Crippen LogP contribution in [0.3, 0.4) is 0 Å². The van der Waals surface area contributed by atoms with E-state index in [0.717, 1.165) is 18.9 Å². The maximum Gasteiger partial charge on any atom is 0.129 e. The number of hydrogen-bond acceptors (Lipinski definition) is 5. The summed E-state index contributed by atoms with van der Waals surface area (Å²) < 4.78 is 10.8. The Bertz CT molecular complexity index is 337. The molecule has 1 aromatic heterocycles. The lowest BCUT2D eigenvalue weighted by Crippen LogP contribution is -2.32. The Kier molecular flexibility index (Phi) is 8.13. The summed E-state index contributed by atoms with van der Waals surface area (Å²) in [5.41, 5.74) is 0.676. The fourth-order valence-electron chi connectivity index (χ4n) is 1.71. The van der Waals surface area contributed by atoms with E-state index in [1.54, 1.807) is 0 Å². The monoisotopic (exact) mass is 268 g/mol. The number of nitrogens with zero attached hydrogens (tertiary/aromatic N) is 2. The van der Waals surface area contributed by atoms with Gasteiger partial charge < -0.3 is 19.5 Å². The Labute approximate surface area is 115 Å². The first-order valence-electron chi connectivity index (χ1n) is 6.79. The van der Waals surface area contributed by atoms with Crippen LogP contribution in [-0.4, -0.2) is 49.6 Å². The van der Waals surface area contributed by atoms with E-state index in [-0.39, 0.29) is 6.61 Å². The fourth-order valence-corrected chi connectivity index (χ4v) is 1.71. The first-order chi connectivity index (χ1) is 9.31. The Morgan fingerprint density at radius 3 is 2.26 bits per heavy atom. The van der Waals surface area contributed by atoms with Crippen LogP contribution in [0.5, 0.6) is 0 Å². The van der Waals surface area contributed by atoms with Gasteiger partial charge in [0, 0.05) is 26.3 Å². The van der Waals surface area contributed by atoms with Crippen molar-refractivity contribution in [2.24, 2.45) is 0 Å². The summed E-state index contributed by atoms with van der Waals surface area (Å²) in [4.78, 5) is 6.53. The molecule has 0 fully saturated rings. The zero-order chi connectivity index (χ0) is 13.9. The number of aliphatic hydroxyl groups is 1. The average molecular weight is 268 g/mol. The lowest BCUT2D eigenvalue weighted by molar-refractivity contribution is 0.141. The zero-order valence-corrected chi connectivity index (χ0v) is 11.8. The second-order valence-corrected chi connectivity index (χ2v) is 4.03. The van der Waals surface area contributed by atoms with Crippen molar-refractivity contribution in [1.82, 2.24) is 4.98 Å². The van der Waals surface area contributed by atoms with E-state index < -0.39 is 0 Å². The quantitative estimate of drug-likeness (QED) is 0.651. The van der Waals surface area contributed by atoms with Gasteiger partial charge in [-0.3, -0.25) is 0 Å². The Morgan fingerprint density at radius 1 is 1.11 bits per heavy atom. The summed E-state index contributed by atoms with van der Waals surface area (Å²) in [6.07, 6.45) is 0. The van der Waals surface area contributed by atoms with Crippen LogP contribution in [-0.2, 0) is 16.1 Å². The molecule has 0 saturated heterocycles. The normalized spacial score (nSPS) is 10.7. The van der Waals surface area contributed by atoms with E-state index in [9.17, 15) is 0 Å². The molecule has 1 N–H and O–H groups in total. The van der Waals surface area contributed by atoms with E-state index in [0.29, 0.717) is 32.1 Å². The van der Waals surface area contributed by atoms with Crippen molar-refractivity contribution in [1.29, 1.82) is 0 Å². The molecule has 19 heavy (non-hydrogen) atoms. The highest BCUT2D eigenvalue weighted by molar-refractivity contribution is 5.39. The standard InChI is InChI=1S/C14H24N2O3/c1-3-18-10-8-16(9-11-19-4-2)14-7-5-6-13(12-17)15-14/h5-7,17H,3-4,8-12H2,1-2H3. The van der Waals surface area contributed by atoms with Gasteiger partial charge in [-0.1, -0.05) is 6.07 Å². The number of ether oxygens (including phenoxy) is 2. The molecule has 5 heteroatoms. The van der Waals surface area contributed by atoms with Crippen molar-refractivity contribution in [3.05, 3.63) is 23.9 Å². The highest BCUT2D eigenvalue weighted by atomic mass is 16.5.